The van der Waals surface area contributed by atoms with E-state index in [4.69, 9.17) is 16.7 Å². The summed E-state index contributed by atoms with van der Waals surface area (Å²) < 4.78 is 0. The van der Waals surface area contributed by atoms with Crippen LogP contribution in [-0.2, 0) is 4.79 Å². The van der Waals surface area contributed by atoms with Crippen molar-refractivity contribution in [3.63, 3.8) is 0 Å². The molecule has 5 nitrogen and oxygen atoms in total. The summed E-state index contributed by atoms with van der Waals surface area (Å²) in [5.74, 6) is -0.997. The number of rotatable bonds is 3. The van der Waals surface area contributed by atoms with Gasteiger partial charge in [0.15, 0.2) is 0 Å². The van der Waals surface area contributed by atoms with Gasteiger partial charge in [-0.25, -0.2) is 9.59 Å². The smallest absolute Gasteiger partial charge is 0.326 e. The lowest BCUT2D eigenvalue weighted by Gasteiger charge is -2.37. The van der Waals surface area contributed by atoms with Crippen molar-refractivity contribution in [2.75, 3.05) is 13.1 Å². The molecule has 0 aromatic rings. The van der Waals surface area contributed by atoms with Crippen LogP contribution in [0.25, 0.3) is 0 Å². The van der Waals surface area contributed by atoms with Crippen molar-refractivity contribution in [2.45, 2.75) is 25.8 Å². The molecule has 0 aromatic carbocycles. The molecule has 96 valence electrons. The molecule has 1 heterocycles. The van der Waals surface area contributed by atoms with Crippen LogP contribution in [0, 0.1) is 5.92 Å². The third kappa shape index (κ3) is 3.63. The number of piperidine rings is 1. The van der Waals surface area contributed by atoms with Crippen molar-refractivity contribution in [1.29, 1.82) is 0 Å². The Morgan fingerprint density at radius 1 is 1.59 bits per heavy atom. The van der Waals surface area contributed by atoms with E-state index in [1.54, 1.807) is 0 Å². The van der Waals surface area contributed by atoms with Gasteiger partial charge in [0.2, 0.25) is 0 Å². The maximum absolute atomic E-state index is 11.8. The summed E-state index contributed by atoms with van der Waals surface area (Å²) in [6.07, 6.45) is 1.64. The Kier molecular flexibility index (Phi) is 4.81. The molecule has 6 heteroatoms. The summed E-state index contributed by atoms with van der Waals surface area (Å²) in [6, 6.07) is -1.15. The second-order valence-electron chi connectivity index (χ2n) is 4.27. The number of carboxylic acid groups (broad SMARTS) is 1. The number of urea groups is 1. The van der Waals surface area contributed by atoms with Gasteiger partial charge in [0, 0.05) is 11.6 Å². The van der Waals surface area contributed by atoms with Crippen molar-refractivity contribution in [3.05, 3.63) is 11.6 Å². The number of hydrogen-bond donors (Lipinski definition) is 2. The number of nitrogens with one attached hydrogen (secondary N) is 1. The van der Waals surface area contributed by atoms with Crippen molar-refractivity contribution >= 4 is 23.6 Å². The molecule has 0 aromatic heterocycles. The molecule has 2 N–H and O–H groups in total. The van der Waals surface area contributed by atoms with Crippen LogP contribution in [0.5, 0.6) is 0 Å². The van der Waals surface area contributed by atoms with Gasteiger partial charge in [-0.15, -0.1) is 0 Å². The third-order valence-corrected chi connectivity index (χ3v) is 3.01. The maximum Gasteiger partial charge on any atom is 0.326 e. The van der Waals surface area contributed by atoms with Gasteiger partial charge in [-0.2, -0.15) is 0 Å². The predicted octanol–water partition coefficient (Wildman–Crippen LogP) is 1.63. The van der Waals surface area contributed by atoms with Gasteiger partial charge in [0.05, 0.1) is 6.54 Å². The van der Waals surface area contributed by atoms with Crippen molar-refractivity contribution in [2.24, 2.45) is 5.92 Å². The molecule has 1 saturated heterocycles. The van der Waals surface area contributed by atoms with Gasteiger partial charge in [-0.3, -0.25) is 0 Å². The minimum Gasteiger partial charge on any atom is -0.480 e. The lowest BCUT2D eigenvalue weighted by atomic mass is 9.91. The third-order valence-electron chi connectivity index (χ3n) is 2.88. The first-order valence-corrected chi connectivity index (χ1v) is 5.92. The van der Waals surface area contributed by atoms with Gasteiger partial charge >= 0.3 is 12.0 Å². The van der Waals surface area contributed by atoms with E-state index in [0.29, 0.717) is 11.6 Å². The second-order valence-corrected chi connectivity index (χ2v) is 4.81. The number of likely N-dealkylation sites (tertiary alicyclic amines) is 1. The van der Waals surface area contributed by atoms with Crippen molar-refractivity contribution in [3.8, 4) is 0 Å². The highest BCUT2D eigenvalue weighted by molar-refractivity contribution is 6.29. The van der Waals surface area contributed by atoms with E-state index in [1.807, 2.05) is 6.92 Å². The van der Waals surface area contributed by atoms with Crippen LogP contribution in [0.15, 0.2) is 11.6 Å². The Bertz CT molecular complexity index is 333. The first-order valence-electron chi connectivity index (χ1n) is 5.54. The minimum atomic E-state index is -0.961. The zero-order chi connectivity index (χ0) is 13.0. The number of amides is 2. The molecule has 17 heavy (non-hydrogen) atoms. The normalized spacial score (nSPS) is 24.2. The lowest BCUT2D eigenvalue weighted by molar-refractivity contribution is -0.145. The highest BCUT2D eigenvalue weighted by Crippen LogP contribution is 2.23. The highest BCUT2D eigenvalue weighted by Gasteiger charge is 2.36. The van der Waals surface area contributed by atoms with Gasteiger partial charge in [-0.1, -0.05) is 25.1 Å². The van der Waals surface area contributed by atoms with Crippen LogP contribution in [0.1, 0.15) is 19.8 Å². The molecule has 0 saturated carbocycles. The van der Waals surface area contributed by atoms with Crippen LogP contribution in [0.4, 0.5) is 4.79 Å². The number of carbonyl (C=O) groups is 2. The molecular formula is C11H17ClN2O3. The maximum atomic E-state index is 11.8. The second kappa shape index (κ2) is 5.91. The van der Waals surface area contributed by atoms with Gasteiger partial charge < -0.3 is 15.3 Å². The molecule has 1 aliphatic heterocycles. The van der Waals surface area contributed by atoms with E-state index in [-0.39, 0.29) is 12.5 Å². The molecule has 1 fully saturated rings. The molecule has 0 spiro atoms. The summed E-state index contributed by atoms with van der Waals surface area (Å²) >= 11 is 5.54. The summed E-state index contributed by atoms with van der Waals surface area (Å²) in [4.78, 5) is 24.3. The average molecular weight is 261 g/mol. The largest absolute Gasteiger partial charge is 0.480 e. The van der Waals surface area contributed by atoms with Crippen LogP contribution >= 0.6 is 11.6 Å². The zero-order valence-electron chi connectivity index (χ0n) is 9.78. The number of carbonyl (C=O) groups excluding carboxylic acids is 1. The van der Waals surface area contributed by atoms with E-state index < -0.39 is 18.0 Å². The van der Waals surface area contributed by atoms with E-state index >= 15 is 0 Å². The summed E-state index contributed by atoms with van der Waals surface area (Å²) in [7, 11) is 0. The number of halogens is 1. The Labute approximate surface area is 105 Å². The topological polar surface area (TPSA) is 69.6 Å². The number of carboxylic acids is 1. The van der Waals surface area contributed by atoms with Crippen molar-refractivity contribution in [1.82, 2.24) is 10.2 Å². The minimum absolute atomic E-state index is 0.0359. The Hall–Kier alpha value is -1.23. The van der Waals surface area contributed by atoms with Crippen LogP contribution < -0.4 is 5.32 Å². The van der Waals surface area contributed by atoms with Crippen LogP contribution in [0.2, 0.25) is 0 Å². The van der Waals surface area contributed by atoms with Crippen LogP contribution in [-0.4, -0.2) is 41.1 Å². The van der Waals surface area contributed by atoms with Gasteiger partial charge in [0.1, 0.15) is 6.04 Å². The van der Waals surface area contributed by atoms with E-state index in [1.165, 1.54) is 4.90 Å². The molecule has 2 amide bonds. The standard InChI is InChI=1S/C11H17ClN2O3/c1-7-4-3-5-14(9(7)10(15)16)11(17)13-6-8(2)12/h7,9H,2-6H2,1H3,(H,13,17)(H,15,16). The fourth-order valence-corrected chi connectivity index (χ4v) is 2.13. The van der Waals surface area contributed by atoms with Gasteiger partial charge in [-0.05, 0) is 18.8 Å². The van der Waals surface area contributed by atoms with E-state index in [0.717, 1.165) is 12.8 Å². The fourth-order valence-electron chi connectivity index (χ4n) is 2.07. The molecule has 2 atom stereocenters. The zero-order valence-corrected chi connectivity index (χ0v) is 10.5. The number of nitrogens with zero attached hydrogens (tertiary/aromatic N) is 1. The van der Waals surface area contributed by atoms with Gasteiger partial charge in [0.25, 0.3) is 0 Å². The van der Waals surface area contributed by atoms with E-state index in [9.17, 15) is 9.59 Å². The lowest BCUT2D eigenvalue weighted by Crippen LogP contribution is -2.55. The first-order chi connectivity index (χ1) is 7.93. The Morgan fingerprint density at radius 3 is 2.76 bits per heavy atom. The molecule has 2 unspecified atom stereocenters. The van der Waals surface area contributed by atoms with E-state index in [2.05, 4.69) is 11.9 Å². The monoisotopic (exact) mass is 260 g/mol. The molecule has 0 aliphatic carbocycles. The molecule has 0 radical (unpaired) electrons. The summed E-state index contributed by atoms with van der Waals surface area (Å²) in [5.41, 5.74) is 0. The fraction of sp³-hybridized carbons (Fsp3) is 0.636. The molecule has 0 bridgehead atoms. The Morgan fingerprint density at radius 2 is 2.24 bits per heavy atom. The SMILES string of the molecule is C=C(Cl)CNC(=O)N1CCCC(C)C1C(=O)O. The molecule has 1 rings (SSSR count). The molecule has 1 aliphatic rings. The van der Waals surface area contributed by atoms with Crippen molar-refractivity contribution < 1.29 is 14.7 Å². The first kappa shape index (κ1) is 13.8. The van der Waals surface area contributed by atoms with Crippen LogP contribution in [0.3, 0.4) is 0 Å². The number of hydrogen-bond acceptors (Lipinski definition) is 2. The number of aliphatic carboxylic acids is 1. The predicted molar refractivity (Wildman–Crippen MR) is 64.9 cm³/mol. The quantitative estimate of drug-likeness (QED) is 0.810. The summed E-state index contributed by atoms with van der Waals surface area (Å²) in [5, 5.41) is 12.0. The highest BCUT2D eigenvalue weighted by atomic mass is 35.5. The average Bonchev–Trinajstić information content (AvgIpc) is 2.24. The molecular weight excluding hydrogens is 244 g/mol. The Balaban J connectivity index is 2.68. The summed E-state index contributed by atoms with van der Waals surface area (Å²) in [6.45, 7) is 5.91.